The quantitative estimate of drug-likeness (QED) is 0.469. The van der Waals surface area contributed by atoms with Crippen LogP contribution in [0.15, 0.2) is 47.5 Å². The van der Waals surface area contributed by atoms with Crippen molar-refractivity contribution in [1.29, 1.82) is 0 Å². The van der Waals surface area contributed by atoms with E-state index in [1.165, 1.54) is 41.7 Å². The molecule has 0 atom stereocenters. The lowest BCUT2D eigenvalue weighted by molar-refractivity contribution is -0.185. The van der Waals surface area contributed by atoms with E-state index in [-0.39, 0.29) is 55.9 Å². The average Bonchev–Trinajstić information content (AvgIpc) is 3.35. The predicted octanol–water partition coefficient (Wildman–Crippen LogP) is 4.09. The van der Waals surface area contributed by atoms with Crippen LogP contribution < -0.4 is 9.64 Å². The van der Waals surface area contributed by atoms with Crippen LogP contribution in [0.2, 0.25) is 0 Å². The van der Waals surface area contributed by atoms with Gasteiger partial charge in [-0.3, -0.25) is 4.79 Å². The molecule has 3 heterocycles. The van der Waals surface area contributed by atoms with E-state index in [4.69, 9.17) is 4.74 Å². The van der Waals surface area contributed by atoms with Crippen molar-refractivity contribution in [2.45, 2.75) is 29.8 Å². The summed E-state index contributed by atoms with van der Waals surface area (Å²) in [7, 11) is -2.43. The molecule has 0 unspecified atom stereocenters. The number of amides is 1. The lowest BCUT2D eigenvalue weighted by atomic mass is 9.90. The van der Waals surface area contributed by atoms with Crippen molar-refractivity contribution in [3.8, 4) is 5.75 Å². The minimum absolute atomic E-state index is 0.0553. The fourth-order valence-electron chi connectivity index (χ4n) is 5.42. The first-order valence-corrected chi connectivity index (χ1v) is 14.0. The van der Waals surface area contributed by atoms with E-state index in [0.717, 1.165) is 21.4 Å². The topological polar surface area (TPSA) is 85.9 Å². The summed E-state index contributed by atoms with van der Waals surface area (Å²) in [6.45, 7) is 0.465. The standard InChI is InChI=1S/C26H28F4N4O4S/c1-38-24-5-3-19(15-23(24)32-10-12-33(13-11-32)25(35)26(28,29)30)39(36,37)34-8-6-17(7-9-34)21-16-31-22-4-2-18(27)14-20(21)22/h2-5,14-17,31H,6-13H2,1H3. The molecule has 2 aliphatic rings. The maximum Gasteiger partial charge on any atom is 0.471 e. The Morgan fingerprint density at radius 1 is 1.00 bits per heavy atom. The Morgan fingerprint density at radius 2 is 1.69 bits per heavy atom. The zero-order chi connectivity index (χ0) is 27.9. The number of nitrogens with one attached hydrogen (secondary N) is 1. The van der Waals surface area contributed by atoms with Crippen molar-refractivity contribution in [1.82, 2.24) is 14.2 Å². The molecule has 5 rings (SSSR count). The average molecular weight is 569 g/mol. The Balaban J connectivity index is 1.30. The number of hydrogen-bond donors (Lipinski definition) is 1. The third kappa shape index (κ3) is 5.29. The number of carbonyl (C=O) groups excluding carboxylic acids is 1. The molecule has 0 saturated carbocycles. The Bertz CT molecular complexity index is 1470. The summed E-state index contributed by atoms with van der Waals surface area (Å²) >= 11 is 0. The Kier molecular flexibility index (Phi) is 7.23. The van der Waals surface area contributed by atoms with Crippen LogP contribution in [0, 0.1) is 5.82 Å². The second kappa shape index (κ2) is 10.3. The van der Waals surface area contributed by atoms with Gasteiger partial charge in [0.1, 0.15) is 11.6 Å². The Hall–Kier alpha value is -3.32. The lowest BCUT2D eigenvalue weighted by Gasteiger charge is -2.37. The van der Waals surface area contributed by atoms with Gasteiger partial charge in [0, 0.05) is 56.4 Å². The molecule has 0 radical (unpaired) electrons. The number of alkyl halides is 3. The number of halogens is 4. The number of piperidine rings is 1. The summed E-state index contributed by atoms with van der Waals surface area (Å²) in [4.78, 5) is 17.3. The summed E-state index contributed by atoms with van der Waals surface area (Å²) in [5.41, 5.74) is 2.24. The molecule has 0 aliphatic carbocycles. The highest BCUT2D eigenvalue weighted by molar-refractivity contribution is 7.89. The van der Waals surface area contributed by atoms with E-state index in [0.29, 0.717) is 24.3 Å². The van der Waals surface area contributed by atoms with Gasteiger partial charge in [0.25, 0.3) is 0 Å². The van der Waals surface area contributed by atoms with Gasteiger partial charge >= 0.3 is 12.1 Å². The number of anilines is 1. The van der Waals surface area contributed by atoms with Crippen LogP contribution in [0.3, 0.4) is 0 Å². The van der Waals surface area contributed by atoms with Crippen molar-refractivity contribution < 1.29 is 35.5 Å². The van der Waals surface area contributed by atoms with Crippen molar-refractivity contribution in [2.24, 2.45) is 0 Å². The maximum absolute atomic E-state index is 13.8. The van der Waals surface area contributed by atoms with Crippen molar-refractivity contribution >= 4 is 32.5 Å². The predicted molar refractivity (Wildman–Crippen MR) is 137 cm³/mol. The number of methoxy groups -OCH3 is 1. The third-order valence-corrected chi connectivity index (χ3v) is 9.40. The number of aromatic nitrogens is 1. The second-order valence-electron chi connectivity index (χ2n) is 9.72. The van der Waals surface area contributed by atoms with Crippen molar-refractivity contribution in [3.63, 3.8) is 0 Å². The molecule has 2 aliphatic heterocycles. The molecule has 210 valence electrons. The molecule has 1 N–H and O–H groups in total. The summed E-state index contributed by atoms with van der Waals surface area (Å²) in [5.74, 6) is -1.75. The molecule has 0 bridgehead atoms. The van der Waals surface area contributed by atoms with Crippen LogP contribution >= 0.6 is 0 Å². The highest BCUT2D eigenvalue weighted by Gasteiger charge is 2.43. The molecular formula is C26H28F4N4O4S. The number of sulfonamides is 1. The zero-order valence-electron chi connectivity index (χ0n) is 21.2. The highest BCUT2D eigenvalue weighted by atomic mass is 32.2. The second-order valence-corrected chi connectivity index (χ2v) is 11.7. The first-order valence-electron chi connectivity index (χ1n) is 12.5. The molecule has 1 aromatic heterocycles. The fraction of sp³-hybridized carbons (Fsp3) is 0.423. The number of nitrogens with zero attached hydrogens (tertiary/aromatic N) is 3. The number of aromatic amines is 1. The largest absolute Gasteiger partial charge is 0.495 e. The van der Waals surface area contributed by atoms with Gasteiger partial charge in [-0.15, -0.1) is 0 Å². The number of hydrogen-bond acceptors (Lipinski definition) is 5. The van der Waals surface area contributed by atoms with Crippen LogP contribution in [0.25, 0.3) is 10.9 Å². The van der Waals surface area contributed by atoms with Gasteiger partial charge in [-0.1, -0.05) is 0 Å². The van der Waals surface area contributed by atoms with Crippen LogP contribution in [0.4, 0.5) is 23.2 Å². The summed E-state index contributed by atoms with van der Waals surface area (Å²) < 4.78 is 86.2. The lowest BCUT2D eigenvalue weighted by Crippen LogP contribution is -2.52. The van der Waals surface area contributed by atoms with Gasteiger partial charge < -0.3 is 19.5 Å². The number of fused-ring (bicyclic) bond motifs is 1. The van der Waals surface area contributed by atoms with Gasteiger partial charge in [0.2, 0.25) is 10.0 Å². The zero-order valence-corrected chi connectivity index (χ0v) is 22.0. The summed E-state index contributed by atoms with van der Waals surface area (Å²) in [5, 5.41) is 0.799. The summed E-state index contributed by atoms with van der Waals surface area (Å²) in [6.07, 6.45) is -1.94. The van der Waals surface area contributed by atoms with E-state index in [1.807, 2.05) is 6.20 Å². The molecule has 39 heavy (non-hydrogen) atoms. The molecule has 2 aromatic carbocycles. The number of rotatable bonds is 5. The number of H-pyrrole nitrogens is 1. The Labute approximate surface area is 223 Å². The van der Waals surface area contributed by atoms with Gasteiger partial charge in [0.05, 0.1) is 17.7 Å². The first kappa shape index (κ1) is 27.3. The van der Waals surface area contributed by atoms with Gasteiger partial charge in [-0.2, -0.15) is 17.5 Å². The van der Waals surface area contributed by atoms with Crippen LogP contribution in [-0.2, 0) is 14.8 Å². The molecule has 8 nitrogen and oxygen atoms in total. The van der Waals surface area contributed by atoms with Gasteiger partial charge in [-0.25, -0.2) is 12.8 Å². The van der Waals surface area contributed by atoms with Crippen molar-refractivity contribution in [2.75, 3.05) is 51.3 Å². The minimum atomic E-state index is -4.94. The van der Waals surface area contributed by atoms with Crippen molar-refractivity contribution in [3.05, 3.63) is 54.0 Å². The molecule has 2 fully saturated rings. The SMILES string of the molecule is COc1ccc(S(=O)(=O)N2CCC(c3c[nH]c4ccc(F)cc34)CC2)cc1N1CCN(C(=O)C(F)(F)F)CC1. The van der Waals surface area contributed by atoms with Crippen LogP contribution in [0.1, 0.15) is 24.3 Å². The van der Waals surface area contributed by atoms with E-state index < -0.39 is 22.1 Å². The van der Waals surface area contributed by atoms with E-state index in [1.54, 1.807) is 11.0 Å². The maximum atomic E-state index is 13.8. The normalized spacial score (nSPS) is 18.1. The monoisotopic (exact) mass is 568 g/mol. The fourth-order valence-corrected chi connectivity index (χ4v) is 6.91. The van der Waals surface area contributed by atoms with Gasteiger partial charge in [-0.05, 0) is 60.7 Å². The number of carbonyl (C=O) groups is 1. The molecule has 0 spiro atoms. The first-order chi connectivity index (χ1) is 18.5. The molecule has 1 amide bonds. The van der Waals surface area contributed by atoms with Crippen LogP contribution in [-0.4, -0.2) is 81.1 Å². The minimum Gasteiger partial charge on any atom is -0.495 e. The van der Waals surface area contributed by atoms with Gasteiger partial charge in [0.15, 0.2) is 0 Å². The molecule has 13 heteroatoms. The molecule has 3 aromatic rings. The number of piperazine rings is 1. The van der Waals surface area contributed by atoms with E-state index in [9.17, 15) is 30.8 Å². The number of benzene rings is 2. The smallest absolute Gasteiger partial charge is 0.471 e. The van der Waals surface area contributed by atoms with Crippen LogP contribution in [0.5, 0.6) is 5.75 Å². The van der Waals surface area contributed by atoms with E-state index in [2.05, 4.69) is 4.98 Å². The molecule has 2 saturated heterocycles. The molecular weight excluding hydrogens is 540 g/mol. The number of ether oxygens (including phenoxy) is 1. The highest BCUT2D eigenvalue weighted by Crippen LogP contribution is 2.37. The summed E-state index contributed by atoms with van der Waals surface area (Å²) in [6, 6.07) is 9.02. The van der Waals surface area contributed by atoms with E-state index >= 15 is 0 Å². The third-order valence-electron chi connectivity index (χ3n) is 7.51. The Morgan fingerprint density at radius 3 is 2.33 bits per heavy atom.